The number of hydrogen-bond donors (Lipinski definition) is 0. The first-order valence-corrected chi connectivity index (χ1v) is 5.58. The molecule has 1 saturated carbocycles. The van der Waals surface area contributed by atoms with Crippen molar-refractivity contribution in [2.75, 3.05) is 7.11 Å². The Balaban J connectivity index is 2.38. The van der Waals surface area contributed by atoms with Crippen molar-refractivity contribution in [1.82, 2.24) is 0 Å². The maximum absolute atomic E-state index is 13.8. The number of Topliss-reactive ketones (excluding diaryl/α,β-unsaturated/α-hetero) is 1. The van der Waals surface area contributed by atoms with Gasteiger partial charge in [0.05, 0.1) is 5.56 Å². The third-order valence-electron chi connectivity index (χ3n) is 3.09. The number of ketones is 1. The number of hydrogen-bond acceptors (Lipinski definition) is 2. The topological polar surface area (TPSA) is 26.3 Å². The minimum absolute atomic E-state index is 0.104. The molecule has 0 aromatic heterocycles. The highest BCUT2D eigenvalue weighted by molar-refractivity contribution is 6.00. The molecule has 2 rings (SSSR count). The molecule has 1 aliphatic rings. The van der Waals surface area contributed by atoms with E-state index in [9.17, 15) is 13.6 Å². The lowest BCUT2D eigenvalue weighted by atomic mass is 9.99. The van der Waals surface area contributed by atoms with Crippen LogP contribution in [0.1, 0.15) is 28.8 Å². The monoisotopic (exact) mass is 240 g/mol. The summed E-state index contributed by atoms with van der Waals surface area (Å²) in [5.41, 5.74) is -0.204. The molecule has 2 nitrogen and oxygen atoms in total. The van der Waals surface area contributed by atoms with Gasteiger partial charge in [-0.15, -0.1) is 0 Å². The Morgan fingerprint density at radius 1 is 1.41 bits per heavy atom. The molecule has 0 radical (unpaired) electrons. The predicted molar refractivity (Wildman–Crippen MR) is 58.9 cm³/mol. The predicted octanol–water partition coefficient (Wildman–Crippen LogP) is 2.88. The first-order valence-electron chi connectivity index (χ1n) is 5.58. The van der Waals surface area contributed by atoms with Crippen LogP contribution in [-0.4, -0.2) is 19.0 Å². The van der Waals surface area contributed by atoms with Crippen LogP contribution in [0, 0.1) is 24.5 Å². The van der Waals surface area contributed by atoms with Crippen molar-refractivity contribution in [1.29, 1.82) is 0 Å². The highest BCUT2D eigenvalue weighted by Gasteiger charge is 2.38. The Morgan fingerprint density at radius 3 is 2.59 bits per heavy atom. The first kappa shape index (κ1) is 12.2. The molecule has 0 bridgehead atoms. The summed E-state index contributed by atoms with van der Waals surface area (Å²) in [4.78, 5) is 12.0. The quantitative estimate of drug-likeness (QED) is 0.756. The molecule has 1 aromatic rings. The molecular formula is C13H14F2O2. The van der Waals surface area contributed by atoms with E-state index in [1.807, 2.05) is 0 Å². The fourth-order valence-electron chi connectivity index (χ4n) is 1.94. The largest absolute Gasteiger partial charge is 0.373 e. The van der Waals surface area contributed by atoms with Crippen molar-refractivity contribution in [3.8, 4) is 0 Å². The second kappa shape index (κ2) is 4.53. The normalized spacial score (nSPS) is 16.9. The van der Waals surface area contributed by atoms with Crippen molar-refractivity contribution in [2.45, 2.75) is 25.9 Å². The van der Waals surface area contributed by atoms with Gasteiger partial charge in [-0.2, -0.15) is 0 Å². The van der Waals surface area contributed by atoms with Gasteiger partial charge in [0.1, 0.15) is 17.7 Å². The average molecular weight is 240 g/mol. The second-order valence-electron chi connectivity index (χ2n) is 4.41. The summed E-state index contributed by atoms with van der Waals surface area (Å²) in [7, 11) is 1.40. The van der Waals surface area contributed by atoms with Crippen molar-refractivity contribution in [2.24, 2.45) is 5.92 Å². The first-order chi connectivity index (χ1) is 8.06. The van der Waals surface area contributed by atoms with E-state index in [1.54, 1.807) is 0 Å². The van der Waals surface area contributed by atoms with E-state index in [1.165, 1.54) is 20.1 Å². The van der Waals surface area contributed by atoms with Crippen LogP contribution in [0.5, 0.6) is 0 Å². The Hall–Kier alpha value is -1.29. The number of ether oxygens (including phenoxy) is 1. The summed E-state index contributed by atoms with van der Waals surface area (Å²) in [5, 5.41) is 0. The summed E-state index contributed by atoms with van der Waals surface area (Å²) in [5.74, 6) is -2.08. The number of carbonyl (C=O) groups excluding carboxylic acids is 1. The Bertz CT molecular complexity index is 453. The molecular weight excluding hydrogens is 226 g/mol. The van der Waals surface area contributed by atoms with Crippen molar-refractivity contribution >= 4 is 5.78 Å². The van der Waals surface area contributed by atoms with Crippen LogP contribution >= 0.6 is 0 Å². The van der Waals surface area contributed by atoms with Crippen molar-refractivity contribution in [3.05, 3.63) is 34.9 Å². The summed E-state index contributed by atoms with van der Waals surface area (Å²) in [6, 6.07) is 2.44. The van der Waals surface area contributed by atoms with Gasteiger partial charge in [0.25, 0.3) is 0 Å². The lowest BCUT2D eigenvalue weighted by Gasteiger charge is -2.14. The molecule has 17 heavy (non-hydrogen) atoms. The van der Waals surface area contributed by atoms with Gasteiger partial charge in [-0.25, -0.2) is 8.78 Å². The molecule has 0 saturated heterocycles. The van der Waals surface area contributed by atoms with E-state index >= 15 is 0 Å². The van der Waals surface area contributed by atoms with Gasteiger partial charge in [-0.05, 0) is 37.3 Å². The summed E-state index contributed by atoms with van der Waals surface area (Å²) in [6.07, 6.45) is 1.03. The standard InChI is InChI=1S/C13H14F2O2/c1-7-3-6-9(14)10(11(7)15)12(16)13(17-2)8-4-5-8/h3,6,8,13H,4-5H2,1-2H3. The Morgan fingerprint density at radius 2 is 2.06 bits per heavy atom. The molecule has 0 heterocycles. The van der Waals surface area contributed by atoms with E-state index < -0.39 is 29.1 Å². The van der Waals surface area contributed by atoms with Crippen LogP contribution < -0.4 is 0 Å². The number of halogens is 2. The molecule has 1 fully saturated rings. The van der Waals surface area contributed by atoms with Gasteiger partial charge in [-0.3, -0.25) is 4.79 Å². The smallest absolute Gasteiger partial charge is 0.197 e. The van der Waals surface area contributed by atoms with Crippen molar-refractivity contribution in [3.63, 3.8) is 0 Å². The SMILES string of the molecule is COC(C(=O)c1c(F)ccc(C)c1F)C1CC1. The van der Waals surface area contributed by atoms with Crippen LogP contribution in [0.15, 0.2) is 12.1 Å². The van der Waals surface area contributed by atoms with E-state index in [0.29, 0.717) is 0 Å². The van der Waals surface area contributed by atoms with Gasteiger partial charge >= 0.3 is 0 Å². The Labute approximate surface area is 98.6 Å². The zero-order chi connectivity index (χ0) is 12.6. The summed E-state index contributed by atoms with van der Waals surface area (Å²) >= 11 is 0. The number of carbonyl (C=O) groups is 1. The zero-order valence-electron chi connectivity index (χ0n) is 9.80. The fraction of sp³-hybridized carbons (Fsp3) is 0.462. The molecule has 0 aliphatic heterocycles. The maximum Gasteiger partial charge on any atom is 0.197 e. The highest BCUT2D eigenvalue weighted by atomic mass is 19.1. The minimum atomic E-state index is -0.819. The van der Waals surface area contributed by atoms with Crippen molar-refractivity contribution < 1.29 is 18.3 Å². The molecule has 0 amide bonds. The number of rotatable bonds is 4. The lowest BCUT2D eigenvalue weighted by Crippen LogP contribution is -2.27. The third kappa shape index (κ3) is 2.22. The lowest BCUT2D eigenvalue weighted by molar-refractivity contribution is 0.0531. The van der Waals surface area contributed by atoms with Gasteiger partial charge in [0, 0.05) is 7.11 Å². The molecule has 0 spiro atoms. The summed E-state index contributed by atoms with van der Waals surface area (Å²) < 4.78 is 32.4. The van der Waals surface area contributed by atoms with Crippen LogP contribution in [0.3, 0.4) is 0 Å². The van der Waals surface area contributed by atoms with E-state index in [2.05, 4.69) is 0 Å². The molecule has 1 unspecified atom stereocenters. The van der Waals surface area contributed by atoms with Gasteiger partial charge < -0.3 is 4.74 Å². The molecule has 4 heteroatoms. The molecule has 1 aliphatic carbocycles. The van der Waals surface area contributed by atoms with Crippen LogP contribution in [0.4, 0.5) is 8.78 Å². The minimum Gasteiger partial charge on any atom is -0.373 e. The summed E-state index contributed by atoms with van der Waals surface area (Å²) in [6.45, 7) is 1.50. The zero-order valence-corrected chi connectivity index (χ0v) is 9.80. The second-order valence-corrected chi connectivity index (χ2v) is 4.41. The highest BCUT2D eigenvalue weighted by Crippen LogP contribution is 2.36. The third-order valence-corrected chi connectivity index (χ3v) is 3.09. The number of aryl methyl sites for hydroxylation is 1. The maximum atomic E-state index is 13.8. The molecule has 1 atom stereocenters. The van der Waals surface area contributed by atoms with Gasteiger partial charge in [-0.1, -0.05) is 6.07 Å². The van der Waals surface area contributed by atoms with E-state index in [0.717, 1.165) is 18.9 Å². The fourth-order valence-corrected chi connectivity index (χ4v) is 1.94. The molecule has 1 aromatic carbocycles. The van der Waals surface area contributed by atoms with Crippen LogP contribution in [-0.2, 0) is 4.74 Å². The number of benzene rings is 1. The molecule has 0 N–H and O–H groups in total. The van der Waals surface area contributed by atoms with Gasteiger partial charge in [0.15, 0.2) is 5.78 Å². The Kier molecular flexibility index (Phi) is 3.24. The van der Waals surface area contributed by atoms with Crippen LogP contribution in [0.2, 0.25) is 0 Å². The van der Waals surface area contributed by atoms with Gasteiger partial charge in [0.2, 0.25) is 0 Å². The number of methoxy groups -OCH3 is 1. The van der Waals surface area contributed by atoms with Crippen LogP contribution in [0.25, 0.3) is 0 Å². The average Bonchev–Trinajstić information content (AvgIpc) is 3.10. The van der Waals surface area contributed by atoms with E-state index in [4.69, 9.17) is 4.74 Å². The molecule has 92 valence electrons. The van der Waals surface area contributed by atoms with E-state index in [-0.39, 0.29) is 11.5 Å².